The van der Waals surface area contributed by atoms with Crippen molar-refractivity contribution in [3.8, 4) is 6.07 Å². The zero-order valence-electron chi connectivity index (χ0n) is 14.3. The lowest BCUT2D eigenvalue weighted by molar-refractivity contribution is -0.121. The molecular formula is C18H15ClN6O2. The number of amides is 2. The van der Waals surface area contributed by atoms with Crippen LogP contribution in [0.3, 0.4) is 0 Å². The molecule has 2 aromatic rings. The van der Waals surface area contributed by atoms with Crippen LogP contribution >= 0.6 is 11.6 Å². The van der Waals surface area contributed by atoms with Gasteiger partial charge in [-0.15, -0.1) is 0 Å². The molecule has 1 atom stereocenters. The van der Waals surface area contributed by atoms with Gasteiger partial charge in [-0.2, -0.15) is 5.26 Å². The van der Waals surface area contributed by atoms with Crippen LogP contribution in [0, 0.1) is 11.3 Å². The number of nitrogens with two attached hydrogens (primary N) is 1. The summed E-state index contributed by atoms with van der Waals surface area (Å²) < 4.78 is 0. The molecule has 8 nitrogen and oxygen atoms in total. The van der Waals surface area contributed by atoms with Gasteiger partial charge in [0.2, 0.25) is 5.91 Å². The molecule has 0 radical (unpaired) electrons. The minimum absolute atomic E-state index is 0.00610. The second-order valence-corrected chi connectivity index (χ2v) is 6.60. The Labute approximate surface area is 160 Å². The lowest BCUT2D eigenvalue weighted by Crippen LogP contribution is -2.46. The standard InChI is InChI=1S/C18H15ClN6O2/c1-18(7-14(26)24-17(21)25-18)11-3-2-4-12(6-11)23-16(27)15-13(19)5-10(8-20)9-22-15/h2-6,9H,7H2,1H3,(H,23,27)(H3,21,24,25,26). The molecule has 0 fully saturated rings. The fourth-order valence-corrected chi connectivity index (χ4v) is 3.04. The number of hydrogen-bond acceptors (Lipinski definition) is 6. The summed E-state index contributed by atoms with van der Waals surface area (Å²) in [4.78, 5) is 32.5. The number of nitrogens with one attached hydrogen (secondary N) is 2. The van der Waals surface area contributed by atoms with E-state index in [9.17, 15) is 9.59 Å². The molecule has 0 bridgehead atoms. The number of carbonyl (C=O) groups is 2. The molecule has 1 aromatic heterocycles. The molecule has 0 saturated heterocycles. The van der Waals surface area contributed by atoms with Crippen molar-refractivity contribution >= 4 is 35.1 Å². The third-order valence-electron chi connectivity index (χ3n) is 4.07. The van der Waals surface area contributed by atoms with Crippen molar-refractivity contribution in [1.29, 1.82) is 5.26 Å². The number of halogens is 1. The second kappa shape index (κ2) is 7.05. The molecule has 2 heterocycles. The molecule has 2 amide bonds. The second-order valence-electron chi connectivity index (χ2n) is 6.20. The SMILES string of the molecule is CC1(c2cccc(NC(=O)c3ncc(C#N)cc3Cl)c2)CC(=O)NC(N)=N1. The summed E-state index contributed by atoms with van der Waals surface area (Å²) in [5.41, 5.74) is 6.31. The van der Waals surface area contributed by atoms with Gasteiger partial charge in [-0.3, -0.25) is 14.9 Å². The van der Waals surface area contributed by atoms with Crippen molar-refractivity contribution in [1.82, 2.24) is 10.3 Å². The highest BCUT2D eigenvalue weighted by Gasteiger charge is 2.33. The van der Waals surface area contributed by atoms with E-state index in [0.717, 1.165) is 5.56 Å². The molecular weight excluding hydrogens is 368 g/mol. The predicted molar refractivity (Wildman–Crippen MR) is 100 cm³/mol. The van der Waals surface area contributed by atoms with E-state index in [1.54, 1.807) is 31.2 Å². The van der Waals surface area contributed by atoms with Crippen LogP contribution in [0.1, 0.15) is 35.0 Å². The van der Waals surface area contributed by atoms with Crippen LogP contribution in [-0.4, -0.2) is 22.8 Å². The number of anilines is 1. The Balaban J connectivity index is 1.86. The number of nitriles is 1. The average molecular weight is 383 g/mol. The summed E-state index contributed by atoms with van der Waals surface area (Å²) in [7, 11) is 0. The molecule has 3 rings (SSSR count). The summed E-state index contributed by atoms with van der Waals surface area (Å²) in [5.74, 6) is -0.694. The molecule has 9 heteroatoms. The first-order valence-corrected chi connectivity index (χ1v) is 8.31. The van der Waals surface area contributed by atoms with E-state index < -0.39 is 11.4 Å². The normalized spacial score (nSPS) is 18.9. The van der Waals surface area contributed by atoms with Gasteiger partial charge in [0.15, 0.2) is 5.96 Å². The number of guanidine groups is 1. The van der Waals surface area contributed by atoms with E-state index in [0.29, 0.717) is 5.69 Å². The minimum Gasteiger partial charge on any atom is -0.370 e. The molecule has 1 aliphatic rings. The number of aliphatic imine (C=N–C) groups is 1. The van der Waals surface area contributed by atoms with Gasteiger partial charge < -0.3 is 11.1 Å². The molecule has 27 heavy (non-hydrogen) atoms. The van der Waals surface area contributed by atoms with Gasteiger partial charge in [0.25, 0.3) is 5.91 Å². The van der Waals surface area contributed by atoms with Crippen LogP contribution in [0.2, 0.25) is 5.02 Å². The van der Waals surface area contributed by atoms with Crippen molar-refractivity contribution in [2.24, 2.45) is 10.7 Å². The molecule has 0 saturated carbocycles. The Kier molecular flexibility index (Phi) is 4.79. The van der Waals surface area contributed by atoms with Crippen molar-refractivity contribution in [2.45, 2.75) is 18.9 Å². The Morgan fingerprint density at radius 3 is 2.89 bits per heavy atom. The van der Waals surface area contributed by atoms with Gasteiger partial charge in [0.05, 0.1) is 22.5 Å². The van der Waals surface area contributed by atoms with Crippen LogP contribution in [0.4, 0.5) is 5.69 Å². The number of pyridine rings is 1. The smallest absolute Gasteiger partial charge is 0.275 e. The molecule has 1 aliphatic heterocycles. The summed E-state index contributed by atoms with van der Waals surface area (Å²) in [6, 6.07) is 10.2. The number of carbonyl (C=O) groups excluding carboxylic acids is 2. The summed E-state index contributed by atoms with van der Waals surface area (Å²) in [5, 5.41) is 14.1. The largest absolute Gasteiger partial charge is 0.370 e. The predicted octanol–water partition coefficient (Wildman–Crippen LogP) is 1.91. The maximum absolute atomic E-state index is 12.5. The molecule has 4 N–H and O–H groups in total. The van der Waals surface area contributed by atoms with E-state index >= 15 is 0 Å². The number of hydrogen-bond donors (Lipinski definition) is 3. The first-order valence-electron chi connectivity index (χ1n) is 7.93. The lowest BCUT2D eigenvalue weighted by atomic mass is 9.87. The van der Waals surface area contributed by atoms with Crippen LogP contribution in [0.5, 0.6) is 0 Å². The van der Waals surface area contributed by atoms with Gasteiger partial charge in [0.1, 0.15) is 11.8 Å². The maximum atomic E-state index is 12.5. The van der Waals surface area contributed by atoms with Gasteiger partial charge in [-0.1, -0.05) is 23.7 Å². The monoisotopic (exact) mass is 382 g/mol. The average Bonchev–Trinajstić information content (AvgIpc) is 2.60. The van der Waals surface area contributed by atoms with Crippen LogP contribution in [0.25, 0.3) is 0 Å². The zero-order chi connectivity index (χ0) is 19.6. The van der Waals surface area contributed by atoms with E-state index in [-0.39, 0.29) is 34.6 Å². The Hall–Kier alpha value is -3.44. The molecule has 136 valence electrons. The van der Waals surface area contributed by atoms with Crippen molar-refractivity contribution < 1.29 is 9.59 Å². The minimum atomic E-state index is -0.836. The fourth-order valence-electron chi connectivity index (χ4n) is 2.79. The molecule has 1 unspecified atom stereocenters. The highest BCUT2D eigenvalue weighted by Crippen LogP contribution is 2.32. The number of benzene rings is 1. The molecule has 1 aromatic carbocycles. The Bertz CT molecular complexity index is 1010. The first-order chi connectivity index (χ1) is 12.8. The third-order valence-corrected chi connectivity index (χ3v) is 4.36. The van der Waals surface area contributed by atoms with E-state index in [1.807, 2.05) is 6.07 Å². The van der Waals surface area contributed by atoms with Crippen LogP contribution < -0.4 is 16.4 Å². The summed E-state index contributed by atoms with van der Waals surface area (Å²) >= 11 is 6.03. The summed E-state index contributed by atoms with van der Waals surface area (Å²) in [6.07, 6.45) is 1.41. The quantitative estimate of drug-likeness (QED) is 0.745. The number of nitrogens with zero attached hydrogens (tertiary/aromatic N) is 3. The zero-order valence-corrected chi connectivity index (χ0v) is 15.0. The van der Waals surface area contributed by atoms with E-state index in [1.165, 1.54) is 12.3 Å². The highest BCUT2D eigenvalue weighted by molar-refractivity contribution is 6.34. The Morgan fingerprint density at radius 1 is 1.44 bits per heavy atom. The lowest BCUT2D eigenvalue weighted by Gasteiger charge is -2.29. The maximum Gasteiger partial charge on any atom is 0.275 e. The van der Waals surface area contributed by atoms with Gasteiger partial charge >= 0.3 is 0 Å². The van der Waals surface area contributed by atoms with Gasteiger partial charge in [0, 0.05) is 11.9 Å². The molecule has 0 aliphatic carbocycles. The highest BCUT2D eigenvalue weighted by atomic mass is 35.5. The van der Waals surface area contributed by atoms with E-state index in [2.05, 4.69) is 20.6 Å². The fraction of sp³-hybridized carbons (Fsp3) is 0.167. The van der Waals surface area contributed by atoms with Crippen LogP contribution in [0.15, 0.2) is 41.5 Å². The van der Waals surface area contributed by atoms with Crippen molar-refractivity contribution in [3.63, 3.8) is 0 Å². The van der Waals surface area contributed by atoms with Crippen molar-refractivity contribution in [2.75, 3.05) is 5.32 Å². The number of rotatable bonds is 3. The number of aromatic nitrogens is 1. The van der Waals surface area contributed by atoms with Gasteiger partial charge in [-0.25, -0.2) is 9.98 Å². The van der Waals surface area contributed by atoms with Crippen molar-refractivity contribution in [3.05, 3.63) is 58.4 Å². The van der Waals surface area contributed by atoms with Crippen LogP contribution in [-0.2, 0) is 10.3 Å². The summed E-state index contributed by atoms with van der Waals surface area (Å²) in [6.45, 7) is 1.79. The third kappa shape index (κ3) is 3.88. The van der Waals surface area contributed by atoms with Gasteiger partial charge in [-0.05, 0) is 30.7 Å². The Morgan fingerprint density at radius 2 is 2.22 bits per heavy atom. The molecule has 0 spiro atoms. The first kappa shape index (κ1) is 18.4. The van der Waals surface area contributed by atoms with E-state index in [4.69, 9.17) is 22.6 Å². The topological polar surface area (TPSA) is 133 Å².